The number of aliphatic imine (C=N–C) groups is 1. The summed E-state index contributed by atoms with van der Waals surface area (Å²) in [5.41, 5.74) is 13.2. The molecule has 0 atom stereocenters. The van der Waals surface area contributed by atoms with Crippen LogP contribution in [0.2, 0.25) is 5.02 Å². The molecule has 0 aliphatic carbocycles. The maximum atomic E-state index is 12.5. The van der Waals surface area contributed by atoms with Gasteiger partial charge in [-0.25, -0.2) is 9.79 Å². The molecule has 0 aromatic heterocycles. The number of guanidine groups is 1. The molecular formula is C18H17ClN4O3. The van der Waals surface area contributed by atoms with E-state index in [4.69, 9.17) is 28.2 Å². The molecule has 0 saturated heterocycles. The molecule has 8 heteroatoms. The number of aliphatic carboxylic acids is 1. The number of benzene rings is 2. The normalized spacial score (nSPS) is 10.5. The fraction of sp³-hybridized carbons (Fsp3) is 0.0556. The van der Waals surface area contributed by atoms with E-state index in [2.05, 4.69) is 10.3 Å². The molecule has 0 aliphatic heterocycles. The van der Waals surface area contributed by atoms with E-state index < -0.39 is 5.97 Å². The summed E-state index contributed by atoms with van der Waals surface area (Å²) in [6.45, 7) is 1.76. The third-order valence-corrected chi connectivity index (χ3v) is 3.63. The van der Waals surface area contributed by atoms with E-state index in [1.165, 1.54) is 6.08 Å². The highest BCUT2D eigenvalue weighted by atomic mass is 35.5. The van der Waals surface area contributed by atoms with Crippen molar-refractivity contribution in [2.45, 2.75) is 6.92 Å². The van der Waals surface area contributed by atoms with Gasteiger partial charge in [-0.3, -0.25) is 4.79 Å². The van der Waals surface area contributed by atoms with Crippen molar-refractivity contribution in [3.8, 4) is 0 Å². The highest BCUT2D eigenvalue weighted by Crippen LogP contribution is 2.29. The van der Waals surface area contributed by atoms with Crippen LogP contribution < -0.4 is 16.8 Å². The van der Waals surface area contributed by atoms with Crippen LogP contribution >= 0.6 is 11.6 Å². The number of hydrogen-bond donors (Lipinski definition) is 4. The first-order valence-corrected chi connectivity index (χ1v) is 7.86. The SMILES string of the molecule is Cc1cc(/C=C/C(=O)O)cc(Cl)c1NC(=O)c1cccc(N=C(N)N)c1. The van der Waals surface area contributed by atoms with Crippen LogP contribution in [0, 0.1) is 6.92 Å². The summed E-state index contributed by atoms with van der Waals surface area (Å²) in [4.78, 5) is 27.0. The largest absolute Gasteiger partial charge is 0.478 e. The van der Waals surface area contributed by atoms with Gasteiger partial charge in [0.05, 0.1) is 16.4 Å². The highest BCUT2D eigenvalue weighted by Gasteiger charge is 2.12. The van der Waals surface area contributed by atoms with Crippen LogP contribution in [-0.2, 0) is 4.79 Å². The van der Waals surface area contributed by atoms with Crippen LogP contribution in [-0.4, -0.2) is 22.9 Å². The Kier molecular flexibility index (Phi) is 5.98. The van der Waals surface area contributed by atoms with Gasteiger partial charge in [-0.2, -0.15) is 0 Å². The molecule has 2 rings (SSSR count). The summed E-state index contributed by atoms with van der Waals surface area (Å²) in [5.74, 6) is -1.54. The van der Waals surface area contributed by atoms with Gasteiger partial charge in [-0.1, -0.05) is 17.7 Å². The van der Waals surface area contributed by atoms with Gasteiger partial charge in [0, 0.05) is 11.6 Å². The Morgan fingerprint density at radius 1 is 1.23 bits per heavy atom. The Hall–Kier alpha value is -3.32. The lowest BCUT2D eigenvalue weighted by Crippen LogP contribution is -2.22. The molecule has 0 saturated carbocycles. The Morgan fingerprint density at radius 3 is 2.58 bits per heavy atom. The van der Waals surface area contributed by atoms with E-state index >= 15 is 0 Å². The van der Waals surface area contributed by atoms with E-state index in [-0.39, 0.29) is 11.9 Å². The van der Waals surface area contributed by atoms with Crippen LogP contribution in [0.1, 0.15) is 21.5 Å². The first-order valence-electron chi connectivity index (χ1n) is 7.48. The maximum Gasteiger partial charge on any atom is 0.328 e. The number of amides is 1. The third-order valence-electron chi connectivity index (χ3n) is 3.33. The number of hydrogen-bond acceptors (Lipinski definition) is 3. The summed E-state index contributed by atoms with van der Waals surface area (Å²) < 4.78 is 0. The van der Waals surface area contributed by atoms with Crippen molar-refractivity contribution in [1.29, 1.82) is 0 Å². The molecule has 0 fully saturated rings. The van der Waals surface area contributed by atoms with Gasteiger partial charge in [0.1, 0.15) is 0 Å². The molecule has 7 nitrogen and oxygen atoms in total. The number of nitrogens with two attached hydrogens (primary N) is 2. The van der Waals surface area contributed by atoms with Crippen molar-refractivity contribution in [2.24, 2.45) is 16.5 Å². The molecule has 1 amide bonds. The second-order valence-corrected chi connectivity index (χ2v) is 5.81. The molecule has 0 aliphatic rings. The number of carbonyl (C=O) groups excluding carboxylic acids is 1. The summed E-state index contributed by atoms with van der Waals surface area (Å²) in [7, 11) is 0. The zero-order valence-electron chi connectivity index (χ0n) is 13.9. The van der Waals surface area contributed by atoms with Crippen LogP contribution in [0.3, 0.4) is 0 Å². The zero-order chi connectivity index (χ0) is 19.3. The number of rotatable bonds is 5. The first kappa shape index (κ1) is 19.0. The predicted octanol–water partition coefficient (Wildman–Crippen LogP) is 2.90. The minimum absolute atomic E-state index is 0.105. The van der Waals surface area contributed by atoms with Gasteiger partial charge < -0.3 is 21.9 Å². The number of carboxylic acid groups (broad SMARTS) is 1. The van der Waals surface area contributed by atoms with Gasteiger partial charge in [0.15, 0.2) is 5.96 Å². The van der Waals surface area contributed by atoms with E-state index in [0.29, 0.717) is 33.1 Å². The molecule has 0 unspecified atom stereocenters. The Balaban J connectivity index is 2.27. The average Bonchev–Trinajstić information content (AvgIpc) is 2.55. The van der Waals surface area contributed by atoms with Crippen molar-refractivity contribution < 1.29 is 14.7 Å². The minimum atomic E-state index is -1.06. The number of carboxylic acids is 1. The summed E-state index contributed by atoms with van der Waals surface area (Å²) in [5, 5.41) is 11.7. The fourth-order valence-corrected chi connectivity index (χ4v) is 2.57. The topological polar surface area (TPSA) is 131 Å². The predicted molar refractivity (Wildman–Crippen MR) is 103 cm³/mol. The first-order chi connectivity index (χ1) is 12.3. The molecule has 0 heterocycles. The number of aryl methyl sites for hydroxylation is 1. The van der Waals surface area contributed by atoms with Crippen LogP contribution in [0.5, 0.6) is 0 Å². The van der Waals surface area contributed by atoms with E-state index in [1.807, 2.05) is 0 Å². The Labute approximate surface area is 155 Å². The quantitative estimate of drug-likeness (QED) is 0.364. The van der Waals surface area contributed by atoms with Crippen LogP contribution in [0.25, 0.3) is 6.08 Å². The fourth-order valence-electron chi connectivity index (χ4n) is 2.24. The molecule has 0 spiro atoms. The summed E-state index contributed by atoms with van der Waals surface area (Å²) >= 11 is 6.23. The smallest absolute Gasteiger partial charge is 0.328 e. The second kappa shape index (κ2) is 8.17. The van der Waals surface area contributed by atoms with Crippen LogP contribution in [0.15, 0.2) is 47.5 Å². The van der Waals surface area contributed by atoms with Gasteiger partial charge in [-0.05, 0) is 54.5 Å². The molecule has 0 bridgehead atoms. The number of nitrogens with zero attached hydrogens (tertiary/aromatic N) is 1. The van der Waals surface area contributed by atoms with Gasteiger partial charge >= 0.3 is 5.97 Å². The minimum Gasteiger partial charge on any atom is -0.478 e. The lowest BCUT2D eigenvalue weighted by Gasteiger charge is -2.12. The maximum absolute atomic E-state index is 12.5. The lowest BCUT2D eigenvalue weighted by atomic mass is 10.1. The van der Waals surface area contributed by atoms with Gasteiger partial charge in [-0.15, -0.1) is 0 Å². The summed E-state index contributed by atoms with van der Waals surface area (Å²) in [6.07, 6.45) is 2.43. The Morgan fingerprint density at radius 2 is 1.96 bits per heavy atom. The second-order valence-electron chi connectivity index (χ2n) is 5.41. The molecule has 134 valence electrons. The standard InChI is InChI=1S/C18H17ClN4O3/c1-10-7-11(5-6-15(24)25)8-14(19)16(10)23-17(26)12-3-2-4-13(9-12)22-18(20)21/h2-9H,1H3,(H,23,26)(H,24,25)(H4,20,21,22)/b6-5+. The number of anilines is 1. The summed E-state index contributed by atoms with van der Waals surface area (Å²) in [6, 6.07) is 9.77. The van der Waals surface area contributed by atoms with E-state index in [0.717, 1.165) is 6.08 Å². The highest BCUT2D eigenvalue weighted by molar-refractivity contribution is 6.34. The van der Waals surface area contributed by atoms with Crippen molar-refractivity contribution in [1.82, 2.24) is 0 Å². The number of carbonyl (C=O) groups is 2. The average molecular weight is 373 g/mol. The Bertz CT molecular complexity index is 895. The van der Waals surface area contributed by atoms with Crippen molar-refractivity contribution >= 4 is 46.9 Å². The van der Waals surface area contributed by atoms with Gasteiger partial charge in [0.2, 0.25) is 0 Å². The number of nitrogens with one attached hydrogen (secondary N) is 1. The number of halogens is 1. The molecule has 26 heavy (non-hydrogen) atoms. The monoisotopic (exact) mass is 372 g/mol. The molecule has 2 aromatic rings. The lowest BCUT2D eigenvalue weighted by molar-refractivity contribution is -0.131. The molecular weight excluding hydrogens is 356 g/mol. The van der Waals surface area contributed by atoms with E-state index in [9.17, 15) is 9.59 Å². The van der Waals surface area contributed by atoms with Crippen molar-refractivity contribution in [2.75, 3.05) is 5.32 Å². The van der Waals surface area contributed by atoms with Gasteiger partial charge in [0.25, 0.3) is 5.91 Å². The zero-order valence-corrected chi connectivity index (χ0v) is 14.6. The van der Waals surface area contributed by atoms with Crippen molar-refractivity contribution in [3.63, 3.8) is 0 Å². The molecule has 2 aromatic carbocycles. The van der Waals surface area contributed by atoms with Crippen molar-refractivity contribution in [3.05, 3.63) is 64.2 Å². The molecule has 6 N–H and O–H groups in total. The van der Waals surface area contributed by atoms with Crippen LogP contribution in [0.4, 0.5) is 11.4 Å². The molecule has 0 radical (unpaired) electrons. The van der Waals surface area contributed by atoms with E-state index in [1.54, 1.807) is 43.3 Å². The third kappa shape index (κ3) is 5.09.